The van der Waals surface area contributed by atoms with Crippen LogP contribution in [0.2, 0.25) is 0 Å². The summed E-state index contributed by atoms with van der Waals surface area (Å²) in [5.41, 5.74) is 4.96. The van der Waals surface area contributed by atoms with Crippen molar-refractivity contribution in [2.24, 2.45) is 0 Å². The van der Waals surface area contributed by atoms with Gasteiger partial charge in [0, 0.05) is 18.7 Å². The number of benzene rings is 3. The van der Waals surface area contributed by atoms with Crippen LogP contribution < -0.4 is 10.1 Å². The van der Waals surface area contributed by atoms with E-state index in [1.54, 1.807) is 12.0 Å². The molecule has 0 radical (unpaired) electrons. The number of amides is 2. The van der Waals surface area contributed by atoms with Crippen molar-refractivity contribution in [1.82, 2.24) is 10.2 Å². The van der Waals surface area contributed by atoms with E-state index in [0.717, 1.165) is 33.6 Å². The molecule has 1 N–H and O–H groups in total. The van der Waals surface area contributed by atoms with Crippen LogP contribution in [0.15, 0.2) is 84.9 Å². The zero-order valence-electron chi connectivity index (χ0n) is 20.1. The second kappa shape index (κ2) is 11.4. The molecule has 3 aromatic carbocycles. The second-order valence-corrected chi connectivity index (χ2v) is 8.60. The molecule has 3 aromatic rings. The number of alkyl carbamates (subject to hydrolysis) is 1. The van der Waals surface area contributed by atoms with Crippen molar-refractivity contribution in [1.29, 1.82) is 0 Å². The first kappa shape index (κ1) is 24.1. The lowest BCUT2D eigenvalue weighted by Gasteiger charge is -2.27. The van der Waals surface area contributed by atoms with E-state index in [9.17, 15) is 9.59 Å². The van der Waals surface area contributed by atoms with Gasteiger partial charge in [0.1, 0.15) is 18.4 Å². The summed E-state index contributed by atoms with van der Waals surface area (Å²) < 4.78 is 10.9. The number of hydrogen-bond donors (Lipinski definition) is 1. The van der Waals surface area contributed by atoms with Gasteiger partial charge in [-0.2, -0.15) is 0 Å². The van der Waals surface area contributed by atoms with Crippen LogP contribution in [0, 0.1) is 6.92 Å². The summed E-state index contributed by atoms with van der Waals surface area (Å²) in [5, 5.41) is 2.78. The maximum atomic E-state index is 13.6. The average Bonchev–Trinajstić information content (AvgIpc) is 3.04. The molecule has 1 aliphatic rings. The highest BCUT2D eigenvalue weighted by Gasteiger charge is 2.30. The van der Waals surface area contributed by atoms with Crippen LogP contribution in [-0.2, 0) is 22.7 Å². The average molecular weight is 471 g/mol. The number of methoxy groups -OCH3 is 1. The normalized spacial score (nSPS) is 15.7. The Kier molecular flexibility index (Phi) is 7.83. The fraction of sp³-hybridized carbons (Fsp3) is 0.241. The zero-order chi connectivity index (χ0) is 24.6. The molecule has 0 bridgehead atoms. The van der Waals surface area contributed by atoms with Gasteiger partial charge in [-0.15, -0.1) is 0 Å². The van der Waals surface area contributed by atoms with Crippen LogP contribution in [0.5, 0.6) is 5.75 Å². The van der Waals surface area contributed by atoms with E-state index in [1.165, 1.54) is 0 Å². The number of carbonyl (C=O) groups excluding carboxylic acids is 2. The Hall–Kier alpha value is -4.06. The van der Waals surface area contributed by atoms with E-state index in [2.05, 4.69) is 5.32 Å². The van der Waals surface area contributed by atoms with E-state index >= 15 is 0 Å². The summed E-state index contributed by atoms with van der Waals surface area (Å²) in [6, 6.07) is 24.7. The van der Waals surface area contributed by atoms with Gasteiger partial charge in [-0.3, -0.25) is 4.79 Å². The molecule has 0 spiro atoms. The Morgan fingerprint density at radius 1 is 1.03 bits per heavy atom. The minimum Gasteiger partial charge on any atom is -0.496 e. The van der Waals surface area contributed by atoms with Gasteiger partial charge in [0.2, 0.25) is 5.91 Å². The lowest BCUT2D eigenvalue weighted by Crippen LogP contribution is -2.47. The Balaban J connectivity index is 1.54. The minimum absolute atomic E-state index is 0.142. The monoisotopic (exact) mass is 470 g/mol. The van der Waals surface area contributed by atoms with E-state index in [0.29, 0.717) is 19.5 Å². The van der Waals surface area contributed by atoms with Crippen molar-refractivity contribution in [3.8, 4) is 5.75 Å². The van der Waals surface area contributed by atoms with E-state index in [1.807, 2.05) is 91.9 Å². The van der Waals surface area contributed by atoms with Gasteiger partial charge < -0.3 is 19.7 Å². The topological polar surface area (TPSA) is 67.9 Å². The predicted molar refractivity (Wildman–Crippen MR) is 136 cm³/mol. The van der Waals surface area contributed by atoms with Crippen LogP contribution in [0.25, 0.3) is 5.57 Å². The SMILES string of the molecule is COc1cc(C)ccc1CN1CC(c2ccccc2)=CC[C@@H](NC(=O)OCc2ccccc2)C1=O. The van der Waals surface area contributed by atoms with Crippen LogP contribution in [-0.4, -0.2) is 36.6 Å². The third kappa shape index (κ3) is 6.29. The van der Waals surface area contributed by atoms with Crippen molar-refractivity contribution >= 4 is 17.6 Å². The molecule has 4 rings (SSSR count). The third-order valence-electron chi connectivity index (χ3n) is 6.02. The van der Waals surface area contributed by atoms with Gasteiger partial charge in [0.25, 0.3) is 0 Å². The molecule has 6 nitrogen and oxygen atoms in total. The van der Waals surface area contributed by atoms with Gasteiger partial charge in [-0.05, 0) is 41.7 Å². The minimum atomic E-state index is -0.726. The van der Waals surface area contributed by atoms with E-state index in [4.69, 9.17) is 9.47 Å². The fourth-order valence-electron chi connectivity index (χ4n) is 4.14. The number of rotatable bonds is 7. The lowest BCUT2D eigenvalue weighted by atomic mass is 10.0. The van der Waals surface area contributed by atoms with E-state index in [-0.39, 0.29) is 12.5 Å². The molecule has 0 unspecified atom stereocenters. The molecular weight excluding hydrogens is 440 g/mol. The van der Waals surface area contributed by atoms with Gasteiger partial charge in [-0.1, -0.05) is 78.9 Å². The number of nitrogens with one attached hydrogen (secondary N) is 1. The molecule has 180 valence electrons. The maximum absolute atomic E-state index is 13.6. The largest absolute Gasteiger partial charge is 0.496 e. The molecule has 2 amide bonds. The first-order chi connectivity index (χ1) is 17.0. The Morgan fingerprint density at radius 3 is 2.46 bits per heavy atom. The summed E-state index contributed by atoms with van der Waals surface area (Å²) in [5.74, 6) is 0.575. The van der Waals surface area contributed by atoms with Crippen molar-refractivity contribution in [2.75, 3.05) is 13.7 Å². The Bertz CT molecular complexity index is 1190. The highest BCUT2D eigenvalue weighted by molar-refractivity contribution is 5.89. The summed E-state index contributed by atoms with van der Waals surface area (Å²) in [4.78, 5) is 27.9. The lowest BCUT2D eigenvalue weighted by molar-refractivity contribution is -0.133. The molecule has 0 saturated carbocycles. The zero-order valence-corrected chi connectivity index (χ0v) is 20.1. The first-order valence-corrected chi connectivity index (χ1v) is 11.7. The third-order valence-corrected chi connectivity index (χ3v) is 6.02. The molecule has 0 aliphatic carbocycles. The summed E-state index contributed by atoms with van der Waals surface area (Å²) in [7, 11) is 1.63. The maximum Gasteiger partial charge on any atom is 0.408 e. The van der Waals surface area contributed by atoms with Crippen LogP contribution in [0.4, 0.5) is 4.79 Å². The molecular formula is C29H30N2O4. The summed E-state index contributed by atoms with van der Waals surface area (Å²) in [6.07, 6.45) is 1.80. The fourth-order valence-corrected chi connectivity index (χ4v) is 4.14. The predicted octanol–water partition coefficient (Wildman–Crippen LogP) is 5.11. The van der Waals surface area contributed by atoms with Crippen molar-refractivity contribution in [3.05, 3.63) is 107 Å². The van der Waals surface area contributed by atoms with Gasteiger partial charge >= 0.3 is 6.09 Å². The summed E-state index contributed by atoms with van der Waals surface area (Å²) >= 11 is 0. The number of ether oxygens (including phenoxy) is 2. The molecule has 35 heavy (non-hydrogen) atoms. The first-order valence-electron chi connectivity index (χ1n) is 11.7. The van der Waals surface area contributed by atoms with Gasteiger partial charge in [-0.25, -0.2) is 4.79 Å². The van der Waals surface area contributed by atoms with Crippen LogP contribution in [0.3, 0.4) is 0 Å². The Labute approximate surface area is 206 Å². The van der Waals surface area contributed by atoms with Crippen molar-refractivity contribution in [3.63, 3.8) is 0 Å². The highest BCUT2D eigenvalue weighted by Crippen LogP contribution is 2.26. The number of carbonyl (C=O) groups is 2. The number of hydrogen-bond acceptors (Lipinski definition) is 4. The molecule has 0 aromatic heterocycles. The second-order valence-electron chi connectivity index (χ2n) is 8.60. The van der Waals surface area contributed by atoms with E-state index < -0.39 is 12.1 Å². The highest BCUT2D eigenvalue weighted by atomic mass is 16.5. The smallest absolute Gasteiger partial charge is 0.408 e. The van der Waals surface area contributed by atoms with Crippen LogP contribution >= 0.6 is 0 Å². The molecule has 0 saturated heterocycles. The molecule has 1 aliphatic heterocycles. The number of aryl methyl sites for hydroxylation is 1. The van der Waals surface area contributed by atoms with Crippen molar-refractivity contribution < 1.29 is 19.1 Å². The van der Waals surface area contributed by atoms with Gasteiger partial charge in [0.05, 0.1) is 7.11 Å². The molecule has 1 atom stereocenters. The number of nitrogens with zero attached hydrogens (tertiary/aromatic N) is 1. The molecule has 0 fully saturated rings. The van der Waals surface area contributed by atoms with Gasteiger partial charge in [0.15, 0.2) is 0 Å². The Morgan fingerprint density at radius 2 is 1.74 bits per heavy atom. The molecule has 6 heteroatoms. The summed E-state index contributed by atoms with van der Waals surface area (Å²) in [6.45, 7) is 2.93. The quantitative estimate of drug-likeness (QED) is 0.521. The van der Waals surface area contributed by atoms with Crippen LogP contribution in [0.1, 0.15) is 28.7 Å². The molecule has 1 heterocycles. The van der Waals surface area contributed by atoms with Crippen molar-refractivity contribution in [2.45, 2.75) is 32.5 Å². The standard InChI is InChI=1S/C29H30N2O4/c1-21-13-14-25(27(17-21)34-2)19-31-18-24(23-11-7-4-8-12-23)15-16-26(28(31)32)30-29(33)35-20-22-9-5-3-6-10-22/h3-15,17,26H,16,18-20H2,1-2H3,(H,30,33)/t26-/m1/s1.